The Labute approximate surface area is 119 Å². The van der Waals surface area contributed by atoms with Crippen LogP contribution >= 0.6 is 27.5 Å². The zero-order chi connectivity index (χ0) is 13.2. The van der Waals surface area contributed by atoms with Crippen molar-refractivity contribution in [2.75, 3.05) is 4.72 Å². The molecule has 0 fully saturated rings. The molecular formula is C12H9BrClNO2S. The molecule has 2 rings (SSSR count). The van der Waals surface area contributed by atoms with Crippen LogP contribution in [0.1, 0.15) is 0 Å². The zero-order valence-electron chi connectivity index (χ0n) is 9.10. The van der Waals surface area contributed by atoms with Crippen molar-refractivity contribution in [2.24, 2.45) is 0 Å². The molecule has 0 atom stereocenters. The molecular weight excluding hydrogens is 338 g/mol. The van der Waals surface area contributed by atoms with Crippen molar-refractivity contribution >= 4 is 43.2 Å². The molecule has 2 aromatic carbocycles. The van der Waals surface area contributed by atoms with Crippen molar-refractivity contribution in [2.45, 2.75) is 4.90 Å². The third-order valence-corrected chi connectivity index (χ3v) is 4.80. The van der Waals surface area contributed by atoms with Crippen LogP contribution < -0.4 is 4.72 Å². The highest BCUT2D eigenvalue weighted by molar-refractivity contribution is 9.10. The van der Waals surface area contributed by atoms with Crippen LogP contribution in [0.25, 0.3) is 0 Å². The first kappa shape index (κ1) is 13.4. The third kappa shape index (κ3) is 2.85. The van der Waals surface area contributed by atoms with Gasteiger partial charge in [0.25, 0.3) is 10.0 Å². The number of rotatable bonds is 3. The van der Waals surface area contributed by atoms with Crippen LogP contribution in [0.2, 0.25) is 5.02 Å². The highest BCUT2D eigenvalue weighted by Crippen LogP contribution is 2.27. The number of benzene rings is 2. The Morgan fingerprint density at radius 1 is 1.00 bits per heavy atom. The largest absolute Gasteiger partial charge is 0.278 e. The van der Waals surface area contributed by atoms with Crippen LogP contribution in [-0.2, 0) is 10.0 Å². The Bertz CT molecular complexity index is 673. The van der Waals surface area contributed by atoms with Gasteiger partial charge in [-0.15, -0.1) is 0 Å². The van der Waals surface area contributed by atoms with E-state index in [0.717, 1.165) is 0 Å². The summed E-state index contributed by atoms with van der Waals surface area (Å²) < 4.78 is 27.5. The van der Waals surface area contributed by atoms with Crippen molar-refractivity contribution in [3.63, 3.8) is 0 Å². The fourth-order valence-electron chi connectivity index (χ4n) is 1.41. The summed E-state index contributed by atoms with van der Waals surface area (Å²) in [5, 5.41) is 0.192. The van der Waals surface area contributed by atoms with Gasteiger partial charge in [0.05, 0.1) is 10.7 Å². The van der Waals surface area contributed by atoms with Gasteiger partial charge in [0.15, 0.2) is 0 Å². The van der Waals surface area contributed by atoms with E-state index in [1.54, 1.807) is 36.4 Å². The van der Waals surface area contributed by atoms with Crippen LogP contribution in [0.3, 0.4) is 0 Å². The van der Waals surface area contributed by atoms with Gasteiger partial charge in [0.2, 0.25) is 0 Å². The Morgan fingerprint density at radius 2 is 1.61 bits per heavy atom. The molecule has 0 unspecified atom stereocenters. The van der Waals surface area contributed by atoms with Gasteiger partial charge in [0, 0.05) is 4.47 Å². The minimum atomic E-state index is -3.68. The molecule has 0 bridgehead atoms. The van der Waals surface area contributed by atoms with Gasteiger partial charge < -0.3 is 0 Å². The van der Waals surface area contributed by atoms with E-state index in [1.807, 2.05) is 0 Å². The maximum absolute atomic E-state index is 12.2. The number of sulfonamides is 1. The standard InChI is InChI=1S/C12H9BrClNO2S/c13-9-5-1-3-7-11(9)15-18(16,17)12-8-4-2-6-10(12)14/h1-8,15H. The van der Waals surface area contributed by atoms with Crippen LogP contribution in [-0.4, -0.2) is 8.42 Å². The molecule has 18 heavy (non-hydrogen) atoms. The first-order valence-electron chi connectivity index (χ1n) is 5.02. The molecule has 6 heteroatoms. The van der Waals surface area contributed by atoms with E-state index < -0.39 is 10.0 Å². The fourth-order valence-corrected chi connectivity index (χ4v) is 3.52. The lowest BCUT2D eigenvalue weighted by molar-refractivity contribution is 0.601. The number of para-hydroxylation sites is 1. The monoisotopic (exact) mass is 345 g/mol. The number of hydrogen-bond donors (Lipinski definition) is 1. The predicted molar refractivity (Wildman–Crippen MR) is 76.4 cm³/mol. The van der Waals surface area contributed by atoms with Crippen molar-refractivity contribution in [1.82, 2.24) is 0 Å². The first-order chi connectivity index (χ1) is 8.50. The molecule has 0 heterocycles. The highest BCUT2D eigenvalue weighted by Gasteiger charge is 2.18. The van der Waals surface area contributed by atoms with Crippen molar-refractivity contribution in [3.05, 3.63) is 58.0 Å². The van der Waals surface area contributed by atoms with Gasteiger partial charge in [-0.05, 0) is 40.2 Å². The molecule has 0 spiro atoms. The second-order valence-electron chi connectivity index (χ2n) is 3.52. The molecule has 0 aliphatic carbocycles. The zero-order valence-corrected chi connectivity index (χ0v) is 12.3. The Balaban J connectivity index is 2.40. The maximum atomic E-state index is 12.2. The Hall–Kier alpha value is -1.04. The van der Waals surface area contributed by atoms with Gasteiger partial charge in [-0.25, -0.2) is 8.42 Å². The Kier molecular flexibility index (Phi) is 3.94. The summed E-state index contributed by atoms with van der Waals surface area (Å²) in [5.41, 5.74) is 0.470. The first-order valence-corrected chi connectivity index (χ1v) is 7.68. The molecule has 2 aromatic rings. The molecule has 0 aliphatic heterocycles. The molecule has 0 saturated carbocycles. The normalized spacial score (nSPS) is 11.2. The van der Waals surface area contributed by atoms with E-state index in [0.29, 0.717) is 10.2 Å². The van der Waals surface area contributed by atoms with Crippen molar-refractivity contribution < 1.29 is 8.42 Å². The molecule has 1 N–H and O–H groups in total. The molecule has 0 radical (unpaired) electrons. The Morgan fingerprint density at radius 3 is 2.28 bits per heavy atom. The molecule has 0 amide bonds. The lowest BCUT2D eigenvalue weighted by atomic mass is 10.3. The minimum Gasteiger partial charge on any atom is -0.278 e. The van der Waals surface area contributed by atoms with Crippen LogP contribution in [0, 0.1) is 0 Å². The summed E-state index contributed by atoms with van der Waals surface area (Å²) in [6, 6.07) is 13.3. The van der Waals surface area contributed by atoms with Crippen LogP contribution in [0.4, 0.5) is 5.69 Å². The topological polar surface area (TPSA) is 46.2 Å². The quantitative estimate of drug-likeness (QED) is 0.916. The number of anilines is 1. The smallest absolute Gasteiger partial charge is 0.263 e. The molecule has 0 saturated heterocycles. The van der Waals surface area contributed by atoms with E-state index in [2.05, 4.69) is 20.7 Å². The lowest BCUT2D eigenvalue weighted by Crippen LogP contribution is -2.13. The van der Waals surface area contributed by atoms with E-state index in [9.17, 15) is 8.42 Å². The molecule has 0 aromatic heterocycles. The van der Waals surface area contributed by atoms with Crippen LogP contribution in [0.15, 0.2) is 57.9 Å². The van der Waals surface area contributed by atoms with E-state index in [1.165, 1.54) is 12.1 Å². The second-order valence-corrected chi connectivity index (χ2v) is 6.43. The van der Waals surface area contributed by atoms with Crippen LogP contribution in [0.5, 0.6) is 0 Å². The third-order valence-electron chi connectivity index (χ3n) is 2.24. The average molecular weight is 347 g/mol. The molecule has 0 aliphatic rings. The number of halogens is 2. The van der Waals surface area contributed by atoms with Gasteiger partial charge in [-0.1, -0.05) is 35.9 Å². The number of hydrogen-bond acceptors (Lipinski definition) is 2. The van der Waals surface area contributed by atoms with Gasteiger partial charge in [-0.2, -0.15) is 0 Å². The van der Waals surface area contributed by atoms with Gasteiger partial charge >= 0.3 is 0 Å². The predicted octanol–water partition coefficient (Wildman–Crippen LogP) is 3.90. The molecule has 3 nitrogen and oxygen atoms in total. The summed E-state index contributed by atoms with van der Waals surface area (Å²) >= 11 is 9.16. The number of nitrogens with one attached hydrogen (secondary N) is 1. The summed E-state index contributed by atoms with van der Waals surface area (Å²) in [5.74, 6) is 0. The summed E-state index contributed by atoms with van der Waals surface area (Å²) in [6.07, 6.45) is 0. The second kappa shape index (κ2) is 5.30. The maximum Gasteiger partial charge on any atom is 0.263 e. The fraction of sp³-hybridized carbons (Fsp3) is 0. The highest BCUT2D eigenvalue weighted by atomic mass is 79.9. The SMILES string of the molecule is O=S(=O)(Nc1ccccc1Br)c1ccccc1Cl. The summed E-state index contributed by atoms with van der Waals surface area (Å²) in [6.45, 7) is 0. The van der Waals surface area contributed by atoms with E-state index >= 15 is 0 Å². The van der Waals surface area contributed by atoms with E-state index in [-0.39, 0.29) is 9.92 Å². The minimum absolute atomic E-state index is 0.0578. The summed E-state index contributed by atoms with van der Waals surface area (Å²) in [4.78, 5) is 0.0578. The van der Waals surface area contributed by atoms with Crippen molar-refractivity contribution in [1.29, 1.82) is 0 Å². The van der Waals surface area contributed by atoms with Crippen molar-refractivity contribution in [3.8, 4) is 0 Å². The molecule has 94 valence electrons. The average Bonchev–Trinajstić information content (AvgIpc) is 2.32. The van der Waals surface area contributed by atoms with E-state index in [4.69, 9.17) is 11.6 Å². The lowest BCUT2D eigenvalue weighted by Gasteiger charge is -2.10. The van der Waals surface area contributed by atoms with Gasteiger partial charge in [0.1, 0.15) is 4.90 Å². The summed E-state index contributed by atoms with van der Waals surface area (Å²) in [7, 11) is -3.68. The van der Waals surface area contributed by atoms with Gasteiger partial charge in [-0.3, -0.25) is 4.72 Å².